The second-order valence-electron chi connectivity index (χ2n) is 4.87. The molecular formula is C12H28NO4Ru. The van der Waals surface area contributed by atoms with E-state index in [0.717, 1.165) is 0 Å². The zero-order valence-corrected chi connectivity index (χ0v) is 13.8. The van der Waals surface area contributed by atoms with Crippen LogP contribution in [0.15, 0.2) is 0 Å². The van der Waals surface area contributed by atoms with Crippen molar-refractivity contribution in [2.45, 2.75) is 72.3 Å². The van der Waals surface area contributed by atoms with E-state index in [0.29, 0.717) is 11.5 Å². The molecule has 0 spiro atoms. The van der Waals surface area contributed by atoms with E-state index in [1.165, 1.54) is 38.5 Å². The summed E-state index contributed by atoms with van der Waals surface area (Å²) >= 11 is -5.86. The van der Waals surface area contributed by atoms with Gasteiger partial charge < -0.3 is 5.73 Å². The predicted molar refractivity (Wildman–Crippen MR) is 61.6 cm³/mol. The normalized spacial score (nSPS) is 13.7. The zero-order chi connectivity index (χ0) is 14.8. The second kappa shape index (κ2) is 9.82. The molecular weight excluding hydrogens is 323 g/mol. The Morgan fingerprint density at radius 3 is 1.33 bits per heavy atom. The maximum absolute atomic E-state index is 8.61. The fourth-order valence-corrected chi connectivity index (χ4v) is 2.61. The molecule has 0 aromatic rings. The van der Waals surface area contributed by atoms with Crippen LogP contribution < -0.4 is 9.67 Å². The summed E-state index contributed by atoms with van der Waals surface area (Å²) in [5, 5.41) is 0. The zero-order valence-electron chi connectivity index (χ0n) is 12.0. The molecule has 6 heteroatoms. The Morgan fingerprint density at radius 2 is 1.22 bits per heavy atom. The monoisotopic (exact) mass is 352 g/mol. The predicted octanol–water partition coefficient (Wildman–Crippen LogP) is 1.46. The molecule has 0 aliphatic heterocycles. The third-order valence-corrected chi connectivity index (χ3v) is 3.29. The summed E-state index contributed by atoms with van der Waals surface area (Å²) in [5.74, 6) is 0. The molecule has 0 aliphatic carbocycles. The van der Waals surface area contributed by atoms with Gasteiger partial charge in [-0.05, 0) is 26.2 Å². The van der Waals surface area contributed by atoms with E-state index in [-0.39, 0.29) is 0 Å². The first-order valence-electron chi connectivity index (χ1n) is 6.53. The van der Waals surface area contributed by atoms with Crippen molar-refractivity contribution in [3.05, 3.63) is 0 Å². The Labute approximate surface area is 113 Å². The molecule has 0 heterocycles. The Morgan fingerprint density at radius 1 is 1.00 bits per heavy atom. The molecule has 1 atom stereocenters. The van der Waals surface area contributed by atoms with Crippen molar-refractivity contribution in [3.8, 4) is 0 Å². The van der Waals surface area contributed by atoms with Gasteiger partial charge in [-0.2, -0.15) is 0 Å². The van der Waals surface area contributed by atoms with Crippen LogP contribution in [0.25, 0.3) is 0 Å². The molecule has 18 heavy (non-hydrogen) atoms. The standard InChI is InChI=1S/C12H27N.4O.Ru/c1-5-8-12(9-6-2,10-7-3)11(4)13;;;;;/h11H,5-10,13H2,1-4H3;;;;;/q;;;;-1;/p+1. The summed E-state index contributed by atoms with van der Waals surface area (Å²) in [5.41, 5.74) is 4.81. The quantitative estimate of drug-likeness (QED) is 0.701. The molecule has 0 radical (unpaired) electrons. The SMILES string of the molecule is CCCC(CCC)(CCC)C(C)[NH3+].[O]=[Ru](=[O])(=[O])[O-]. The van der Waals surface area contributed by atoms with Crippen molar-refractivity contribution in [3.63, 3.8) is 0 Å². The fraction of sp³-hybridized carbons (Fsp3) is 1.00. The molecule has 5 nitrogen and oxygen atoms in total. The second-order valence-corrected chi connectivity index (χ2v) is 6.61. The van der Waals surface area contributed by atoms with Crippen LogP contribution in [0.3, 0.4) is 0 Å². The Bertz CT molecular complexity index is 312. The number of hydrogen-bond acceptors (Lipinski definition) is 4. The van der Waals surface area contributed by atoms with E-state index in [1.54, 1.807) is 0 Å². The summed E-state index contributed by atoms with van der Waals surface area (Å²) in [4.78, 5) is 0. The molecule has 0 aliphatic rings. The van der Waals surface area contributed by atoms with E-state index in [4.69, 9.17) is 14.7 Å². The van der Waals surface area contributed by atoms with Crippen molar-refractivity contribution in [1.82, 2.24) is 0 Å². The van der Waals surface area contributed by atoms with Gasteiger partial charge in [0, 0.05) is 5.41 Å². The fourth-order valence-electron chi connectivity index (χ4n) is 2.61. The molecule has 0 bridgehead atoms. The molecule has 3 N–H and O–H groups in total. The van der Waals surface area contributed by atoms with Crippen molar-refractivity contribution in [2.24, 2.45) is 5.41 Å². The average Bonchev–Trinajstić information content (AvgIpc) is 2.15. The van der Waals surface area contributed by atoms with Crippen LogP contribution in [0.5, 0.6) is 0 Å². The Balaban J connectivity index is 0. The molecule has 113 valence electrons. The van der Waals surface area contributed by atoms with Gasteiger partial charge >= 0.3 is 29.6 Å². The van der Waals surface area contributed by atoms with Gasteiger partial charge in [0.2, 0.25) is 0 Å². The van der Waals surface area contributed by atoms with Gasteiger partial charge in [0.25, 0.3) is 0 Å². The summed E-state index contributed by atoms with van der Waals surface area (Å²) in [7, 11) is 0. The summed E-state index contributed by atoms with van der Waals surface area (Å²) < 4.78 is 34.4. The first-order valence-corrected chi connectivity index (χ1v) is 9.37. The van der Waals surface area contributed by atoms with Gasteiger partial charge in [-0.25, -0.2) is 0 Å². The number of quaternary nitrogens is 1. The summed E-state index contributed by atoms with van der Waals surface area (Å²) in [6.07, 6.45) is 8.00. The van der Waals surface area contributed by atoms with Crippen molar-refractivity contribution in [1.29, 1.82) is 0 Å². The minimum atomic E-state index is -5.86. The van der Waals surface area contributed by atoms with E-state index in [2.05, 4.69) is 33.4 Å². The van der Waals surface area contributed by atoms with E-state index >= 15 is 0 Å². The van der Waals surface area contributed by atoms with Crippen LogP contribution in [0, 0.1) is 5.41 Å². The average molecular weight is 351 g/mol. The molecule has 0 fully saturated rings. The van der Waals surface area contributed by atoms with Crippen LogP contribution in [0.4, 0.5) is 0 Å². The topological polar surface area (TPSA) is 102 Å². The van der Waals surface area contributed by atoms with Gasteiger partial charge in [0.1, 0.15) is 0 Å². The van der Waals surface area contributed by atoms with E-state index in [9.17, 15) is 0 Å². The minimum absolute atomic E-state index is 0.540. The Kier molecular flexibility index (Phi) is 11.1. The molecule has 0 rings (SSSR count). The van der Waals surface area contributed by atoms with Gasteiger partial charge in [-0.1, -0.05) is 40.0 Å². The van der Waals surface area contributed by atoms with Crippen LogP contribution in [-0.4, -0.2) is 6.04 Å². The van der Waals surface area contributed by atoms with Crippen LogP contribution >= 0.6 is 0 Å². The van der Waals surface area contributed by atoms with Gasteiger partial charge in [0.15, 0.2) is 0 Å². The molecule has 0 aromatic carbocycles. The number of rotatable bonds is 7. The number of hydrogen-bond donors (Lipinski definition) is 1. The van der Waals surface area contributed by atoms with Crippen molar-refractivity contribution >= 4 is 0 Å². The molecule has 0 aromatic heterocycles. The molecule has 0 saturated heterocycles. The van der Waals surface area contributed by atoms with Gasteiger partial charge in [0.05, 0.1) is 6.04 Å². The summed E-state index contributed by atoms with van der Waals surface area (Å²) in [6, 6.07) is 0.604. The Hall–Kier alpha value is -0.0566. The van der Waals surface area contributed by atoms with E-state index < -0.39 is 15.0 Å². The first-order chi connectivity index (χ1) is 8.13. The van der Waals surface area contributed by atoms with Crippen LogP contribution in [0.2, 0.25) is 0 Å². The first kappa shape index (κ1) is 20.3. The van der Waals surface area contributed by atoms with Crippen molar-refractivity contribution < 1.29 is 35.4 Å². The summed E-state index contributed by atoms with van der Waals surface area (Å²) in [6.45, 7) is 9.17. The van der Waals surface area contributed by atoms with Crippen LogP contribution in [0.1, 0.15) is 66.2 Å². The van der Waals surface area contributed by atoms with Crippen LogP contribution in [-0.2, 0) is 25.7 Å². The van der Waals surface area contributed by atoms with Gasteiger partial charge in [-0.3, -0.25) is 0 Å². The molecule has 0 saturated carbocycles. The molecule has 0 amide bonds. The molecule has 1 unspecified atom stereocenters. The maximum atomic E-state index is 8.61. The van der Waals surface area contributed by atoms with Crippen molar-refractivity contribution in [2.75, 3.05) is 0 Å². The van der Waals surface area contributed by atoms with E-state index in [1.807, 2.05) is 0 Å². The third kappa shape index (κ3) is 11.1. The van der Waals surface area contributed by atoms with Gasteiger partial charge in [-0.15, -0.1) is 0 Å². The third-order valence-electron chi connectivity index (χ3n) is 3.29.